The van der Waals surface area contributed by atoms with E-state index in [1.807, 2.05) is 13.0 Å². The summed E-state index contributed by atoms with van der Waals surface area (Å²) in [6.45, 7) is 9.10. The highest BCUT2D eigenvalue weighted by Gasteiger charge is 2.57. The standard InChI is InChI=1S/C20H30O4/c1-13-4-7-16-19(2,10-8-17(22)20(16,3)12-21)15(13)6-5-14-9-11-24-18(14)23/h5-6,14-17,21-22H,1,4,7-12H2,2-3H3/b6-5+/t14-,15-,16+,17-,19+,20+/m0/s1. The normalized spacial score (nSPS) is 46.2. The summed E-state index contributed by atoms with van der Waals surface area (Å²) in [4.78, 5) is 11.7. The first-order valence-corrected chi connectivity index (χ1v) is 9.14. The van der Waals surface area contributed by atoms with Crippen LogP contribution in [-0.4, -0.2) is 35.5 Å². The van der Waals surface area contributed by atoms with Gasteiger partial charge in [0.15, 0.2) is 0 Å². The zero-order valence-electron chi connectivity index (χ0n) is 14.8. The minimum atomic E-state index is -0.466. The largest absolute Gasteiger partial charge is 0.465 e. The number of carbonyl (C=O) groups is 1. The van der Waals surface area contributed by atoms with Gasteiger partial charge in [-0.2, -0.15) is 0 Å². The lowest BCUT2D eigenvalue weighted by Crippen LogP contribution is -2.57. The number of carbonyl (C=O) groups excluding carboxylic acids is 1. The molecule has 0 amide bonds. The highest BCUT2D eigenvalue weighted by molar-refractivity contribution is 5.76. The van der Waals surface area contributed by atoms with Crippen molar-refractivity contribution < 1.29 is 19.7 Å². The molecule has 4 nitrogen and oxygen atoms in total. The van der Waals surface area contributed by atoms with Crippen molar-refractivity contribution in [2.24, 2.45) is 28.6 Å². The Morgan fingerprint density at radius 2 is 2.04 bits per heavy atom. The molecule has 3 fully saturated rings. The highest BCUT2D eigenvalue weighted by Crippen LogP contribution is 2.61. The molecule has 0 aromatic heterocycles. The fraction of sp³-hybridized carbons (Fsp3) is 0.750. The lowest BCUT2D eigenvalue weighted by Gasteiger charge is -2.59. The molecular formula is C20H30O4. The van der Waals surface area contributed by atoms with Crippen LogP contribution in [0, 0.1) is 28.6 Å². The first-order valence-electron chi connectivity index (χ1n) is 9.14. The van der Waals surface area contributed by atoms with Crippen LogP contribution in [0.1, 0.15) is 46.0 Å². The van der Waals surface area contributed by atoms with Crippen molar-refractivity contribution in [3.05, 3.63) is 24.3 Å². The molecule has 0 radical (unpaired) electrons. The summed E-state index contributed by atoms with van der Waals surface area (Å²) < 4.78 is 5.05. The van der Waals surface area contributed by atoms with Crippen molar-refractivity contribution in [1.82, 2.24) is 0 Å². The Balaban J connectivity index is 1.89. The highest BCUT2D eigenvalue weighted by atomic mass is 16.5. The smallest absolute Gasteiger partial charge is 0.312 e. The van der Waals surface area contributed by atoms with Gasteiger partial charge in [-0.15, -0.1) is 0 Å². The summed E-state index contributed by atoms with van der Waals surface area (Å²) in [6.07, 6.45) is 7.93. The number of rotatable bonds is 3. The average molecular weight is 334 g/mol. The van der Waals surface area contributed by atoms with Gasteiger partial charge in [0.05, 0.1) is 25.2 Å². The first-order chi connectivity index (χ1) is 11.3. The number of cyclic esters (lactones) is 1. The van der Waals surface area contributed by atoms with E-state index in [2.05, 4.69) is 19.6 Å². The summed E-state index contributed by atoms with van der Waals surface area (Å²) in [6, 6.07) is 0. The minimum Gasteiger partial charge on any atom is -0.465 e. The SMILES string of the molecule is C=C1CC[C@@H]2[C@](C)(CC[C@H](O)[C@]2(C)CO)[C@H]1/C=C/[C@H]1CCOC1=O. The second kappa shape index (κ2) is 6.30. The molecule has 6 atom stereocenters. The first kappa shape index (κ1) is 17.7. The van der Waals surface area contributed by atoms with Gasteiger partial charge < -0.3 is 14.9 Å². The van der Waals surface area contributed by atoms with Gasteiger partial charge in [-0.1, -0.05) is 38.2 Å². The zero-order chi connectivity index (χ0) is 17.5. The van der Waals surface area contributed by atoms with Gasteiger partial charge in [0, 0.05) is 11.3 Å². The van der Waals surface area contributed by atoms with Crippen molar-refractivity contribution in [2.75, 3.05) is 13.2 Å². The van der Waals surface area contributed by atoms with E-state index in [0.717, 1.165) is 25.7 Å². The number of esters is 1. The van der Waals surface area contributed by atoms with E-state index in [9.17, 15) is 15.0 Å². The van der Waals surface area contributed by atoms with Gasteiger partial charge in [0.25, 0.3) is 0 Å². The monoisotopic (exact) mass is 334 g/mol. The van der Waals surface area contributed by atoms with Crippen molar-refractivity contribution in [1.29, 1.82) is 0 Å². The van der Waals surface area contributed by atoms with E-state index in [1.165, 1.54) is 5.57 Å². The molecule has 24 heavy (non-hydrogen) atoms. The Morgan fingerprint density at radius 3 is 2.67 bits per heavy atom. The van der Waals surface area contributed by atoms with Crippen molar-refractivity contribution in [3.63, 3.8) is 0 Å². The van der Waals surface area contributed by atoms with Crippen molar-refractivity contribution in [3.8, 4) is 0 Å². The van der Waals surface area contributed by atoms with Gasteiger partial charge in [-0.3, -0.25) is 4.79 Å². The molecule has 3 rings (SSSR count). The fourth-order valence-electron chi connectivity index (χ4n) is 5.42. The van der Waals surface area contributed by atoms with E-state index in [0.29, 0.717) is 13.0 Å². The summed E-state index contributed by atoms with van der Waals surface area (Å²) >= 11 is 0. The van der Waals surface area contributed by atoms with Crippen LogP contribution in [0.3, 0.4) is 0 Å². The van der Waals surface area contributed by atoms with Crippen LogP contribution < -0.4 is 0 Å². The van der Waals surface area contributed by atoms with Crippen LogP contribution in [0.2, 0.25) is 0 Å². The third-order valence-corrected chi connectivity index (χ3v) is 7.07. The predicted octanol–water partition coefficient (Wildman–Crippen LogP) is 2.85. The second-order valence-electron chi connectivity index (χ2n) is 8.40. The maximum atomic E-state index is 11.7. The molecule has 0 aromatic carbocycles. The van der Waals surface area contributed by atoms with Gasteiger partial charge in [-0.25, -0.2) is 0 Å². The van der Waals surface area contributed by atoms with E-state index in [-0.39, 0.29) is 35.7 Å². The van der Waals surface area contributed by atoms with Gasteiger partial charge in [0.1, 0.15) is 0 Å². The summed E-state index contributed by atoms with van der Waals surface area (Å²) in [5, 5.41) is 20.5. The molecule has 134 valence electrons. The van der Waals surface area contributed by atoms with Gasteiger partial charge in [-0.05, 0) is 43.4 Å². The maximum Gasteiger partial charge on any atom is 0.312 e. The molecule has 1 heterocycles. The summed E-state index contributed by atoms with van der Waals surface area (Å²) in [7, 11) is 0. The number of allylic oxidation sites excluding steroid dienone is 2. The van der Waals surface area contributed by atoms with E-state index < -0.39 is 11.5 Å². The molecular weight excluding hydrogens is 304 g/mol. The number of hydrogen-bond donors (Lipinski definition) is 2. The topological polar surface area (TPSA) is 66.8 Å². The second-order valence-corrected chi connectivity index (χ2v) is 8.40. The Labute approximate surface area is 144 Å². The van der Waals surface area contributed by atoms with Gasteiger partial charge in [0.2, 0.25) is 0 Å². The molecule has 0 bridgehead atoms. The van der Waals surface area contributed by atoms with E-state index in [4.69, 9.17) is 4.74 Å². The van der Waals surface area contributed by atoms with Crippen molar-refractivity contribution >= 4 is 5.97 Å². The quantitative estimate of drug-likeness (QED) is 0.615. The van der Waals surface area contributed by atoms with Crippen LogP contribution in [0.15, 0.2) is 24.3 Å². The summed E-state index contributed by atoms with van der Waals surface area (Å²) in [5.74, 6) is 0.159. The molecule has 0 unspecified atom stereocenters. The predicted molar refractivity (Wildman–Crippen MR) is 92.1 cm³/mol. The number of aliphatic hydroxyl groups is 2. The number of aliphatic hydroxyl groups excluding tert-OH is 2. The van der Waals surface area contributed by atoms with Crippen molar-refractivity contribution in [2.45, 2.75) is 52.1 Å². The molecule has 3 aliphatic rings. The molecule has 0 aromatic rings. The Kier molecular flexibility index (Phi) is 4.65. The van der Waals surface area contributed by atoms with Crippen LogP contribution in [0.4, 0.5) is 0 Å². The average Bonchev–Trinajstić information content (AvgIpc) is 2.96. The van der Waals surface area contributed by atoms with Crippen LogP contribution in [0.5, 0.6) is 0 Å². The third-order valence-electron chi connectivity index (χ3n) is 7.07. The molecule has 2 saturated carbocycles. The summed E-state index contributed by atoms with van der Waals surface area (Å²) in [5.41, 5.74) is 0.699. The minimum absolute atomic E-state index is 0.00623. The maximum absolute atomic E-state index is 11.7. The van der Waals surface area contributed by atoms with E-state index in [1.54, 1.807) is 0 Å². The molecule has 1 aliphatic heterocycles. The van der Waals surface area contributed by atoms with Crippen LogP contribution >= 0.6 is 0 Å². The number of fused-ring (bicyclic) bond motifs is 1. The lowest BCUT2D eigenvalue weighted by molar-refractivity contribution is -0.146. The van der Waals surface area contributed by atoms with Gasteiger partial charge >= 0.3 is 5.97 Å². The molecule has 4 heteroatoms. The molecule has 2 N–H and O–H groups in total. The van der Waals surface area contributed by atoms with Crippen LogP contribution in [0.25, 0.3) is 0 Å². The lowest BCUT2D eigenvalue weighted by atomic mass is 9.46. The Morgan fingerprint density at radius 1 is 1.29 bits per heavy atom. The third kappa shape index (κ3) is 2.64. The number of hydrogen-bond acceptors (Lipinski definition) is 4. The Hall–Kier alpha value is -1.13. The molecule has 0 spiro atoms. The molecule has 1 saturated heterocycles. The Bertz CT molecular complexity index is 554. The van der Waals surface area contributed by atoms with E-state index >= 15 is 0 Å². The molecule has 2 aliphatic carbocycles. The number of ether oxygens (including phenoxy) is 1. The zero-order valence-corrected chi connectivity index (χ0v) is 14.8. The van der Waals surface area contributed by atoms with Crippen LogP contribution in [-0.2, 0) is 9.53 Å². The fourth-order valence-corrected chi connectivity index (χ4v) is 5.42.